The first-order valence-corrected chi connectivity index (χ1v) is 6.88. The van der Waals surface area contributed by atoms with Gasteiger partial charge in [-0.3, -0.25) is 0 Å². The number of ether oxygens (including phenoxy) is 2. The maximum absolute atomic E-state index is 8.32. The van der Waals surface area contributed by atoms with E-state index in [2.05, 4.69) is 20.1 Å². The van der Waals surface area contributed by atoms with Crippen LogP contribution in [0.1, 0.15) is 6.42 Å². The summed E-state index contributed by atoms with van der Waals surface area (Å²) in [5.74, 6) is 1.42. The lowest BCUT2D eigenvalue weighted by molar-refractivity contribution is 0.247. The fourth-order valence-corrected chi connectivity index (χ4v) is 1.76. The molecule has 2 rings (SSSR count). The van der Waals surface area contributed by atoms with Crippen molar-refractivity contribution in [3.8, 4) is 11.5 Å². The highest BCUT2D eigenvalue weighted by atomic mass is 16.5. The van der Waals surface area contributed by atoms with Crippen molar-refractivity contribution in [3.63, 3.8) is 0 Å². The minimum absolute atomic E-state index is 0.512. The molecular weight excluding hydrogens is 296 g/mol. The molecule has 0 bridgehead atoms. The van der Waals surface area contributed by atoms with Gasteiger partial charge in [0.1, 0.15) is 11.5 Å². The van der Waals surface area contributed by atoms with Gasteiger partial charge in [-0.2, -0.15) is 0 Å². The third-order valence-corrected chi connectivity index (χ3v) is 2.82. The Labute approximate surface area is 132 Å². The van der Waals surface area contributed by atoms with Crippen LogP contribution in [-0.4, -0.2) is 13.2 Å². The molecule has 23 heavy (non-hydrogen) atoms. The largest absolute Gasteiger partial charge is 0.493 e. The van der Waals surface area contributed by atoms with Gasteiger partial charge in [-0.1, -0.05) is 10.2 Å². The van der Waals surface area contributed by atoms with E-state index in [1.165, 1.54) is 0 Å². The molecule has 0 fully saturated rings. The van der Waals surface area contributed by atoms with Crippen molar-refractivity contribution in [1.29, 1.82) is 0 Å². The molecule has 8 heteroatoms. The summed E-state index contributed by atoms with van der Waals surface area (Å²) < 4.78 is 11.1. The Bertz CT molecular complexity index is 653. The Balaban J connectivity index is 1.69. The quantitative estimate of drug-likeness (QED) is 0.280. The topological polar surface area (TPSA) is 116 Å². The molecule has 0 N–H and O–H groups in total. The van der Waals surface area contributed by atoms with Gasteiger partial charge in [-0.25, -0.2) is 0 Å². The van der Waals surface area contributed by atoms with Crippen molar-refractivity contribution in [2.45, 2.75) is 6.42 Å². The molecule has 0 radical (unpaired) electrons. The summed E-state index contributed by atoms with van der Waals surface area (Å²) in [5.41, 5.74) is 17.7. The number of nitrogens with zero attached hydrogens (tertiary/aromatic N) is 6. The molecule has 0 amide bonds. The fourth-order valence-electron chi connectivity index (χ4n) is 1.76. The van der Waals surface area contributed by atoms with E-state index in [9.17, 15) is 0 Å². The molecule has 2 aromatic carbocycles. The zero-order chi connectivity index (χ0) is 16.3. The average Bonchev–Trinajstić information content (AvgIpc) is 2.58. The first-order valence-electron chi connectivity index (χ1n) is 6.88. The predicted molar refractivity (Wildman–Crippen MR) is 86.1 cm³/mol. The number of azide groups is 2. The Morgan fingerprint density at radius 3 is 1.43 bits per heavy atom. The van der Waals surface area contributed by atoms with Crippen LogP contribution in [0.3, 0.4) is 0 Å². The van der Waals surface area contributed by atoms with Crippen LogP contribution in [-0.2, 0) is 0 Å². The highest BCUT2D eigenvalue weighted by Gasteiger charge is 1.97. The van der Waals surface area contributed by atoms with Crippen LogP contribution in [0, 0.1) is 0 Å². The second-order valence-corrected chi connectivity index (χ2v) is 4.42. The van der Waals surface area contributed by atoms with E-state index in [0.29, 0.717) is 36.1 Å². The predicted octanol–water partition coefficient (Wildman–Crippen LogP) is 5.42. The molecule has 0 spiro atoms. The van der Waals surface area contributed by atoms with Gasteiger partial charge >= 0.3 is 0 Å². The van der Waals surface area contributed by atoms with E-state index in [4.69, 9.17) is 20.5 Å². The fraction of sp³-hybridized carbons (Fsp3) is 0.200. The van der Waals surface area contributed by atoms with Crippen molar-refractivity contribution in [2.24, 2.45) is 10.2 Å². The first-order chi connectivity index (χ1) is 11.3. The van der Waals surface area contributed by atoms with E-state index in [1.807, 2.05) is 0 Å². The van der Waals surface area contributed by atoms with Gasteiger partial charge in [0.2, 0.25) is 0 Å². The maximum atomic E-state index is 8.32. The SMILES string of the molecule is [N-]=[N+]=Nc1ccc(OCCCOc2ccc(N=[N+]=[N-])cc2)cc1. The third-order valence-electron chi connectivity index (χ3n) is 2.82. The van der Waals surface area contributed by atoms with Crippen LogP contribution in [0.4, 0.5) is 11.4 Å². The molecule has 0 heterocycles. The van der Waals surface area contributed by atoms with Crippen LogP contribution in [0.2, 0.25) is 0 Å². The average molecular weight is 310 g/mol. The van der Waals surface area contributed by atoms with Crippen LogP contribution >= 0.6 is 0 Å². The van der Waals surface area contributed by atoms with E-state index in [1.54, 1.807) is 48.5 Å². The molecule has 0 unspecified atom stereocenters. The molecule has 0 aromatic heterocycles. The lowest BCUT2D eigenvalue weighted by atomic mass is 10.3. The van der Waals surface area contributed by atoms with Gasteiger partial charge < -0.3 is 9.47 Å². The summed E-state index contributed by atoms with van der Waals surface area (Å²) in [5, 5.41) is 6.97. The molecular formula is C15H14N6O2. The van der Waals surface area contributed by atoms with E-state index in [0.717, 1.165) is 6.42 Å². The summed E-state index contributed by atoms with van der Waals surface area (Å²) in [6.07, 6.45) is 0.718. The van der Waals surface area contributed by atoms with E-state index in [-0.39, 0.29) is 0 Å². The normalized spacial score (nSPS) is 9.39. The lowest BCUT2D eigenvalue weighted by Crippen LogP contribution is -2.04. The lowest BCUT2D eigenvalue weighted by Gasteiger charge is -2.08. The molecule has 0 atom stereocenters. The molecule has 0 aliphatic heterocycles. The van der Waals surface area contributed by atoms with Gasteiger partial charge in [0.05, 0.1) is 13.2 Å². The molecule has 2 aromatic rings. The number of hydrogen-bond donors (Lipinski definition) is 0. The third kappa shape index (κ3) is 5.51. The van der Waals surface area contributed by atoms with Gasteiger partial charge in [0, 0.05) is 27.6 Å². The van der Waals surface area contributed by atoms with Crippen LogP contribution < -0.4 is 9.47 Å². The smallest absolute Gasteiger partial charge is 0.119 e. The summed E-state index contributed by atoms with van der Waals surface area (Å²) in [7, 11) is 0. The summed E-state index contributed by atoms with van der Waals surface area (Å²) >= 11 is 0. The second-order valence-electron chi connectivity index (χ2n) is 4.42. The standard InChI is InChI=1S/C15H14N6O2/c16-20-18-12-2-6-14(7-3-12)22-10-1-11-23-15-8-4-13(5-9-15)19-21-17/h2-9H,1,10-11H2. The monoisotopic (exact) mass is 310 g/mol. The van der Waals surface area contributed by atoms with E-state index < -0.39 is 0 Å². The summed E-state index contributed by atoms with van der Waals surface area (Å²) in [6, 6.07) is 13.8. The molecule has 0 saturated heterocycles. The van der Waals surface area contributed by atoms with Crippen LogP contribution in [0.25, 0.3) is 20.9 Å². The zero-order valence-electron chi connectivity index (χ0n) is 12.2. The summed E-state index contributed by atoms with van der Waals surface area (Å²) in [6.45, 7) is 1.02. The molecule has 0 aliphatic carbocycles. The minimum atomic E-state index is 0.512. The minimum Gasteiger partial charge on any atom is -0.493 e. The van der Waals surface area contributed by atoms with Gasteiger partial charge in [0.15, 0.2) is 0 Å². The van der Waals surface area contributed by atoms with Crippen molar-refractivity contribution in [1.82, 2.24) is 0 Å². The highest BCUT2D eigenvalue weighted by Crippen LogP contribution is 2.19. The molecule has 0 aliphatic rings. The van der Waals surface area contributed by atoms with Gasteiger partial charge in [0.25, 0.3) is 0 Å². The Hall–Kier alpha value is -3.34. The second kappa shape index (κ2) is 8.84. The number of rotatable bonds is 8. The molecule has 0 saturated carbocycles. The van der Waals surface area contributed by atoms with Gasteiger partial charge in [-0.05, 0) is 59.6 Å². The maximum Gasteiger partial charge on any atom is 0.119 e. The van der Waals surface area contributed by atoms with Crippen molar-refractivity contribution < 1.29 is 9.47 Å². The van der Waals surface area contributed by atoms with Crippen molar-refractivity contribution >= 4 is 11.4 Å². The Morgan fingerprint density at radius 2 is 1.09 bits per heavy atom. The summed E-state index contributed by atoms with van der Waals surface area (Å²) in [4.78, 5) is 5.42. The van der Waals surface area contributed by atoms with Crippen LogP contribution in [0.15, 0.2) is 58.8 Å². The zero-order valence-corrected chi connectivity index (χ0v) is 12.2. The Kier molecular flexibility index (Phi) is 6.16. The highest BCUT2D eigenvalue weighted by molar-refractivity contribution is 5.41. The molecule has 8 nitrogen and oxygen atoms in total. The molecule has 116 valence electrons. The van der Waals surface area contributed by atoms with Crippen molar-refractivity contribution in [3.05, 3.63) is 69.4 Å². The van der Waals surface area contributed by atoms with Gasteiger partial charge in [-0.15, -0.1) is 0 Å². The Morgan fingerprint density at radius 1 is 0.696 bits per heavy atom. The number of benzene rings is 2. The van der Waals surface area contributed by atoms with Crippen molar-refractivity contribution in [2.75, 3.05) is 13.2 Å². The first kappa shape index (κ1) is 16.0. The van der Waals surface area contributed by atoms with Crippen LogP contribution in [0.5, 0.6) is 11.5 Å². The number of hydrogen-bond acceptors (Lipinski definition) is 4. The van der Waals surface area contributed by atoms with E-state index >= 15 is 0 Å².